The molecule has 2 aromatic rings. The van der Waals surface area contributed by atoms with Crippen molar-refractivity contribution in [3.63, 3.8) is 0 Å². The summed E-state index contributed by atoms with van der Waals surface area (Å²) in [5.41, 5.74) is 0.891. The maximum absolute atomic E-state index is 12.6. The van der Waals surface area contributed by atoms with Gasteiger partial charge in [-0.1, -0.05) is 24.3 Å². The molecule has 1 unspecified atom stereocenters. The molecule has 1 aliphatic heterocycles. The van der Waals surface area contributed by atoms with Gasteiger partial charge in [0, 0.05) is 6.54 Å². The van der Waals surface area contributed by atoms with Crippen LogP contribution in [-0.2, 0) is 16.0 Å². The Balaban J connectivity index is 1.89. The zero-order valence-corrected chi connectivity index (χ0v) is 13.0. The van der Waals surface area contributed by atoms with Crippen LogP contribution in [0.2, 0.25) is 0 Å². The van der Waals surface area contributed by atoms with Crippen LogP contribution in [0.4, 0.5) is 0 Å². The van der Waals surface area contributed by atoms with Gasteiger partial charge in [-0.25, -0.2) is 4.79 Å². The van der Waals surface area contributed by atoms with Crippen LogP contribution in [0.25, 0.3) is 10.8 Å². The van der Waals surface area contributed by atoms with Crippen molar-refractivity contribution in [1.82, 2.24) is 4.90 Å². The molecule has 1 N–H and O–H groups in total. The van der Waals surface area contributed by atoms with Crippen LogP contribution < -0.4 is 4.74 Å². The van der Waals surface area contributed by atoms with Crippen LogP contribution >= 0.6 is 0 Å². The Bertz CT molecular complexity index is 756. The fourth-order valence-electron chi connectivity index (χ4n) is 3.18. The third kappa shape index (κ3) is 2.99. The molecule has 5 nitrogen and oxygen atoms in total. The molecule has 1 fully saturated rings. The number of hydrogen-bond acceptors (Lipinski definition) is 3. The number of methoxy groups -OCH3 is 1. The number of amides is 1. The molecule has 0 saturated carbocycles. The van der Waals surface area contributed by atoms with E-state index in [1.807, 2.05) is 36.4 Å². The number of ether oxygens (including phenoxy) is 1. The largest absolute Gasteiger partial charge is 0.497 e. The van der Waals surface area contributed by atoms with Crippen molar-refractivity contribution in [3.8, 4) is 5.75 Å². The Morgan fingerprint density at radius 1 is 1.30 bits per heavy atom. The molecule has 1 atom stereocenters. The lowest BCUT2D eigenvalue weighted by atomic mass is 10.0. The smallest absolute Gasteiger partial charge is 0.326 e. The number of nitrogens with zero attached hydrogens (tertiary/aromatic N) is 1. The molecular formula is C18H19NO4. The number of likely N-dealkylation sites (tertiary alicyclic amines) is 1. The zero-order chi connectivity index (χ0) is 16.4. The average molecular weight is 313 g/mol. The van der Waals surface area contributed by atoms with Crippen molar-refractivity contribution < 1.29 is 19.4 Å². The van der Waals surface area contributed by atoms with E-state index < -0.39 is 12.0 Å². The highest BCUT2D eigenvalue weighted by molar-refractivity contribution is 5.92. The van der Waals surface area contributed by atoms with Crippen molar-refractivity contribution in [2.24, 2.45) is 0 Å². The lowest BCUT2D eigenvalue weighted by molar-refractivity contribution is -0.147. The summed E-state index contributed by atoms with van der Waals surface area (Å²) in [7, 11) is 1.61. The minimum absolute atomic E-state index is 0.134. The lowest BCUT2D eigenvalue weighted by Gasteiger charge is -2.21. The van der Waals surface area contributed by atoms with Crippen molar-refractivity contribution in [2.45, 2.75) is 25.3 Å². The molecule has 3 rings (SSSR count). The van der Waals surface area contributed by atoms with Gasteiger partial charge in [0.1, 0.15) is 11.8 Å². The van der Waals surface area contributed by atoms with Gasteiger partial charge in [0.05, 0.1) is 13.5 Å². The molecule has 0 aliphatic carbocycles. The van der Waals surface area contributed by atoms with Crippen molar-refractivity contribution in [2.75, 3.05) is 13.7 Å². The van der Waals surface area contributed by atoms with Gasteiger partial charge in [0.2, 0.25) is 5.91 Å². The van der Waals surface area contributed by atoms with Gasteiger partial charge in [-0.15, -0.1) is 0 Å². The maximum atomic E-state index is 12.6. The number of carbonyl (C=O) groups excluding carboxylic acids is 1. The molecule has 120 valence electrons. The molecule has 5 heteroatoms. The molecule has 1 amide bonds. The molecule has 1 saturated heterocycles. The topological polar surface area (TPSA) is 66.8 Å². The first-order valence-corrected chi connectivity index (χ1v) is 7.68. The normalized spacial score (nSPS) is 17.4. The Morgan fingerprint density at radius 3 is 2.87 bits per heavy atom. The fraction of sp³-hybridized carbons (Fsp3) is 0.333. The van der Waals surface area contributed by atoms with Crippen LogP contribution in [0.15, 0.2) is 36.4 Å². The number of carboxylic acid groups (broad SMARTS) is 1. The second-order valence-electron chi connectivity index (χ2n) is 5.76. The first-order valence-electron chi connectivity index (χ1n) is 7.68. The van der Waals surface area contributed by atoms with E-state index in [1.165, 1.54) is 4.90 Å². The quantitative estimate of drug-likeness (QED) is 0.941. The number of fused-ring (bicyclic) bond motifs is 1. The van der Waals surface area contributed by atoms with Crippen LogP contribution in [0.5, 0.6) is 5.75 Å². The number of benzene rings is 2. The standard InChI is InChI=1S/C18H19NO4/c1-23-14-8-7-12-4-2-5-13(15(12)11-14)10-17(20)19-9-3-6-16(19)18(21)22/h2,4-5,7-8,11,16H,3,6,9-10H2,1H3,(H,21,22). The van der Waals surface area contributed by atoms with Crippen molar-refractivity contribution >= 4 is 22.6 Å². The Labute approximate surface area is 134 Å². The minimum atomic E-state index is -0.921. The molecule has 0 spiro atoms. The van der Waals surface area contributed by atoms with E-state index in [9.17, 15) is 14.7 Å². The van der Waals surface area contributed by atoms with E-state index in [-0.39, 0.29) is 12.3 Å². The highest BCUT2D eigenvalue weighted by Crippen LogP contribution is 2.26. The highest BCUT2D eigenvalue weighted by Gasteiger charge is 2.33. The molecule has 1 heterocycles. The summed E-state index contributed by atoms with van der Waals surface area (Å²) in [6, 6.07) is 10.9. The lowest BCUT2D eigenvalue weighted by Crippen LogP contribution is -2.41. The number of hydrogen-bond donors (Lipinski definition) is 1. The molecule has 1 aliphatic rings. The highest BCUT2D eigenvalue weighted by atomic mass is 16.5. The van der Waals surface area contributed by atoms with Gasteiger partial charge in [-0.3, -0.25) is 4.79 Å². The second-order valence-corrected chi connectivity index (χ2v) is 5.76. The van der Waals surface area contributed by atoms with E-state index in [0.29, 0.717) is 13.0 Å². The van der Waals surface area contributed by atoms with E-state index in [1.54, 1.807) is 7.11 Å². The second kappa shape index (κ2) is 6.28. The van der Waals surface area contributed by atoms with Crippen LogP contribution in [0.1, 0.15) is 18.4 Å². The Kier molecular flexibility index (Phi) is 4.19. The summed E-state index contributed by atoms with van der Waals surface area (Å²) in [6.45, 7) is 0.518. The first kappa shape index (κ1) is 15.3. The number of aliphatic carboxylic acids is 1. The van der Waals surface area contributed by atoms with Gasteiger partial charge in [0.15, 0.2) is 0 Å². The van der Waals surface area contributed by atoms with Gasteiger partial charge in [-0.05, 0) is 41.3 Å². The van der Waals surface area contributed by atoms with Crippen LogP contribution in [0.3, 0.4) is 0 Å². The monoisotopic (exact) mass is 313 g/mol. The average Bonchev–Trinajstić information content (AvgIpc) is 3.05. The van der Waals surface area contributed by atoms with Crippen molar-refractivity contribution in [1.29, 1.82) is 0 Å². The zero-order valence-electron chi connectivity index (χ0n) is 13.0. The van der Waals surface area contributed by atoms with Crippen LogP contribution in [-0.4, -0.2) is 41.6 Å². The Hall–Kier alpha value is -2.56. The van der Waals surface area contributed by atoms with E-state index in [0.717, 1.165) is 28.5 Å². The minimum Gasteiger partial charge on any atom is -0.497 e. The molecule has 0 radical (unpaired) electrons. The molecule has 0 bridgehead atoms. The summed E-state index contributed by atoms with van der Waals surface area (Å²) >= 11 is 0. The van der Waals surface area contributed by atoms with Gasteiger partial charge in [0.25, 0.3) is 0 Å². The summed E-state index contributed by atoms with van der Waals surface area (Å²) in [5, 5.41) is 11.2. The molecular weight excluding hydrogens is 294 g/mol. The Morgan fingerprint density at radius 2 is 2.13 bits per heavy atom. The van der Waals surface area contributed by atoms with E-state index in [4.69, 9.17) is 4.74 Å². The van der Waals surface area contributed by atoms with Gasteiger partial charge >= 0.3 is 5.97 Å². The number of carbonyl (C=O) groups is 2. The van der Waals surface area contributed by atoms with Crippen molar-refractivity contribution in [3.05, 3.63) is 42.0 Å². The molecule has 0 aromatic heterocycles. The third-order valence-corrected chi connectivity index (χ3v) is 4.38. The number of rotatable bonds is 4. The molecule has 2 aromatic carbocycles. The molecule has 23 heavy (non-hydrogen) atoms. The summed E-state index contributed by atoms with van der Waals surface area (Å²) in [4.78, 5) is 25.3. The van der Waals surface area contributed by atoms with E-state index in [2.05, 4.69) is 0 Å². The predicted octanol–water partition coefficient (Wildman–Crippen LogP) is 2.47. The summed E-state index contributed by atoms with van der Waals surface area (Å²) in [5.74, 6) is -0.317. The third-order valence-electron chi connectivity index (χ3n) is 4.38. The fourth-order valence-corrected chi connectivity index (χ4v) is 3.18. The van der Waals surface area contributed by atoms with Gasteiger partial charge < -0.3 is 14.7 Å². The first-order chi connectivity index (χ1) is 11.1. The summed E-state index contributed by atoms with van der Waals surface area (Å²) in [6.07, 6.45) is 1.48. The summed E-state index contributed by atoms with van der Waals surface area (Å²) < 4.78 is 5.26. The van der Waals surface area contributed by atoms with Crippen LogP contribution in [0, 0.1) is 0 Å². The SMILES string of the molecule is COc1ccc2cccc(CC(=O)N3CCCC3C(=O)O)c2c1. The van der Waals surface area contributed by atoms with E-state index >= 15 is 0 Å². The number of carboxylic acids is 1. The maximum Gasteiger partial charge on any atom is 0.326 e. The predicted molar refractivity (Wildman–Crippen MR) is 86.6 cm³/mol. The van der Waals surface area contributed by atoms with Gasteiger partial charge in [-0.2, -0.15) is 0 Å².